The van der Waals surface area contributed by atoms with E-state index >= 15 is 0 Å². The zero-order valence-electron chi connectivity index (χ0n) is 8.32. The average molecular weight is 149 g/mol. The second-order valence-electron chi connectivity index (χ2n) is 3.28. The SMILES string of the molecule is C1CCCCC1.CC(C)[NH-].[Li+]. The van der Waals surface area contributed by atoms with Crippen LogP contribution in [0.1, 0.15) is 52.4 Å². The predicted molar refractivity (Wildman–Crippen MR) is 47.2 cm³/mol. The van der Waals surface area contributed by atoms with Gasteiger partial charge in [0.05, 0.1) is 0 Å². The fourth-order valence-corrected chi connectivity index (χ4v) is 1.06. The molecule has 1 saturated carbocycles. The molecule has 2 heteroatoms. The van der Waals surface area contributed by atoms with E-state index in [0.717, 1.165) is 0 Å². The minimum Gasteiger partial charge on any atom is -0.675 e. The van der Waals surface area contributed by atoms with Crippen molar-refractivity contribution in [3.8, 4) is 0 Å². The number of nitrogens with one attached hydrogen (secondary N) is 1. The van der Waals surface area contributed by atoms with Gasteiger partial charge in [0.2, 0.25) is 0 Å². The maximum absolute atomic E-state index is 6.58. The quantitative estimate of drug-likeness (QED) is 0.455. The van der Waals surface area contributed by atoms with Crippen molar-refractivity contribution < 1.29 is 18.9 Å². The van der Waals surface area contributed by atoms with Crippen molar-refractivity contribution in [3.63, 3.8) is 0 Å². The van der Waals surface area contributed by atoms with Crippen molar-refractivity contribution in [2.75, 3.05) is 0 Å². The van der Waals surface area contributed by atoms with Gasteiger partial charge in [-0.25, -0.2) is 0 Å². The topological polar surface area (TPSA) is 23.8 Å². The first-order chi connectivity index (χ1) is 4.73. The Kier molecular flexibility index (Phi) is 13.5. The Morgan fingerprint density at radius 1 is 0.818 bits per heavy atom. The molecule has 1 N–H and O–H groups in total. The van der Waals surface area contributed by atoms with E-state index in [1.54, 1.807) is 0 Å². The normalized spacial score (nSPS) is 16.4. The first-order valence-electron chi connectivity index (χ1n) is 4.44. The molecule has 0 bridgehead atoms. The van der Waals surface area contributed by atoms with Gasteiger partial charge in [0.1, 0.15) is 0 Å². The molecule has 0 aromatic carbocycles. The molecule has 0 radical (unpaired) electrons. The van der Waals surface area contributed by atoms with Crippen LogP contribution in [0.5, 0.6) is 0 Å². The standard InChI is InChI=1S/C6H12.C3H8N.Li/c1-2-4-6-5-3-1;1-3(2)4;/h1-6H2;3-4H,1-2H3;/q;-1;+1. The van der Waals surface area contributed by atoms with Crippen LogP contribution in [0.3, 0.4) is 0 Å². The van der Waals surface area contributed by atoms with E-state index in [9.17, 15) is 0 Å². The second-order valence-corrected chi connectivity index (χ2v) is 3.28. The number of rotatable bonds is 0. The molecule has 0 amide bonds. The van der Waals surface area contributed by atoms with Crippen LogP contribution in [0.2, 0.25) is 0 Å². The van der Waals surface area contributed by atoms with Gasteiger partial charge in [0, 0.05) is 0 Å². The summed E-state index contributed by atoms with van der Waals surface area (Å²) in [6, 6.07) is 0.0833. The van der Waals surface area contributed by atoms with Gasteiger partial charge < -0.3 is 5.73 Å². The van der Waals surface area contributed by atoms with E-state index in [4.69, 9.17) is 5.73 Å². The van der Waals surface area contributed by atoms with Gasteiger partial charge in [0.25, 0.3) is 0 Å². The third kappa shape index (κ3) is 18.0. The van der Waals surface area contributed by atoms with E-state index in [1.165, 1.54) is 38.5 Å². The molecule has 0 atom stereocenters. The molecule has 1 aliphatic rings. The van der Waals surface area contributed by atoms with Gasteiger partial charge >= 0.3 is 18.9 Å². The molecule has 0 aromatic heterocycles. The Labute approximate surface area is 83.3 Å². The molecule has 0 aliphatic heterocycles. The van der Waals surface area contributed by atoms with E-state index < -0.39 is 0 Å². The van der Waals surface area contributed by atoms with Gasteiger partial charge in [-0.1, -0.05) is 52.4 Å². The summed E-state index contributed by atoms with van der Waals surface area (Å²) in [6.07, 6.45) is 9.00. The van der Waals surface area contributed by atoms with Crippen LogP contribution in [-0.2, 0) is 0 Å². The summed E-state index contributed by atoms with van der Waals surface area (Å²) in [4.78, 5) is 0. The molecule has 11 heavy (non-hydrogen) atoms. The summed E-state index contributed by atoms with van der Waals surface area (Å²) < 4.78 is 0. The van der Waals surface area contributed by atoms with Crippen LogP contribution in [-0.4, -0.2) is 6.04 Å². The summed E-state index contributed by atoms with van der Waals surface area (Å²) >= 11 is 0. The molecule has 1 nitrogen and oxygen atoms in total. The summed E-state index contributed by atoms with van der Waals surface area (Å²) in [7, 11) is 0. The molecule has 62 valence electrons. The van der Waals surface area contributed by atoms with E-state index in [2.05, 4.69) is 0 Å². The average Bonchev–Trinajstić information content (AvgIpc) is 1.90. The molecular formula is C9H20LiN. The first-order valence-corrected chi connectivity index (χ1v) is 4.44. The Morgan fingerprint density at radius 3 is 1.00 bits per heavy atom. The summed E-state index contributed by atoms with van der Waals surface area (Å²) in [5.41, 5.74) is 6.58. The fraction of sp³-hybridized carbons (Fsp3) is 1.00. The first kappa shape index (κ1) is 14.1. The molecule has 0 spiro atoms. The van der Waals surface area contributed by atoms with Gasteiger partial charge in [-0.2, -0.15) is 0 Å². The van der Waals surface area contributed by atoms with Gasteiger partial charge in [-0.3, -0.25) is 0 Å². The molecule has 0 aromatic rings. The largest absolute Gasteiger partial charge is 1.00 e. The second kappa shape index (κ2) is 10.6. The third-order valence-corrected chi connectivity index (χ3v) is 1.50. The summed E-state index contributed by atoms with van der Waals surface area (Å²) in [5, 5.41) is 0. The molecule has 1 fully saturated rings. The van der Waals surface area contributed by atoms with Crippen LogP contribution in [0.15, 0.2) is 0 Å². The van der Waals surface area contributed by atoms with Crippen molar-refractivity contribution in [3.05, 3.63) is 5.73 Å². The Hall–Kier alpha value is 0.557. The molecule has 1 rings (SSSR count). The van der Waals surface area contributed by atoms with Gasteiger partial charge in [0.15, 0.2) is 0 Å². The number of hydrogen-bond donors (Lipinski definition) is 0. The maximum atomic E-state index is 6.58. The predicted octanol–water partition coefficient (Wildman–Crippen LogP) is 0.792. The molecule has 0 unspecified atom stereocenters. The maximum Gasteiger partial charge on any atom is 1.00 e. The summed E-state index contributed by atoms with van der Waals surface area (Å²) in [5.74, 6) is 0. The fourth-order valence-electron chi connectivity index (χ4n) is 1.06. The van der Waals surface area contributed by atoms with E-state index in [-0.39, 0.29) is 24.9 Å². The smallest absolute Gasteiger partial charge is 0.675 e. The van der Waals surface area contributed by atoms with Gasteiger partial charge in [-0.15, -0.1) is 6.04 Å². The van der Waals surface area contributed by atoms with Crippen molar-refractivity contribution in [2.45, 2.75) is 58.4 Å². The Morgan fingerprint density at radius 2 is 0.909 bits per heavy atom. The summed E-state index contributed by atoms with van der Waals surface area (Å²) in [6.45, 7) is 3.67. The van der Waals surface area contributed by atoms with Crippen molar-refractivity contribution in [1.29, 1.82) is 0 Å². The zero-order valence-corrected chi connectivity index (χ0v) is 8.32. The van der Waals surface area contributed by atoms with E-state index in [1.807, 2.05) is 13.8 Å². The third-order valence-electron chi connectivity index (χ3n) is 1.50. The molecular weight excluding hydrogens is 129 g/mol. The zero-order chi connectivity index (χ0) is 7.82. The minimum atomic E-state index is 0. The minimum absolute atomic E-state index is 0. The van der Waals surface area contributed by atoms with Crippen LogP contribution in [0, 0.1) is 0 Å². The van der Waals surface area contributed by atoms with Crippen LogP contribution in [0.4, 0.5) is 0 Å². The molecule has 0 heterocycles. The number of hydrogen-bond acceptors (Lipinski definition) is 0. The van der Waals surface area contributed by atoms with Crippen LogP contribution < -0.4 is 18.9 Å². The van der Waals surface area contributed by atoms with E-state index in [0.29, 0.717) is 0 Å². The van der Waals surface area contributed by atoms with Crippen molar-refractivity contribution in [1.82, 2.24) is 0 Å². The van der Waals surface area contributed by atoms with Crippen LogP contribution >= 0.6 is 0 Å². The van der Waals surface area contributed by atoms with Crippen molar-refractivity contribution >= 4 is 0 Å². The Balaban J connectivity index is 0. The van der Waals surface area contributed by atoms with Gasteiger partial charge in [-0.05, 0) is 0 Å². The Bertz CT molecular complexity index is 46.3. The molecule has 1 aliphatic carbocycles. The monoisotopic (exact) mass is 149 g/mol. The van der Waals surface area contributed by atoms with Crippen LogP contribution in [0.25, 0.3) is 5.73 Å². The molecule has 0 saturated heterocycles. The van der Waals surface area contributed by atoms with Crippen molar-refractivity contribution in [2.24, 2.45) is 0 Å².